The molecule has 7 heteroatoms. The summed E-state index contributed by atoms with van der Waals surface area (Å²) < 4.78 is 18.0. The minimum absolute atomic E-state index is 0.157. The molecule has 0 bridgehead atoms. The van der Waals surface area contributed by atoms with Crippen LogP contribution in [0.4, 0.5) is 5.82 Å². The van der Waals surface area contributed by atoms with Crippen LogP contribution in [0.2, 0.25) is 0 Å². The normalized spacial score (nSPS) is 30.5. The molecule has 0 amide bonds. The molecule has 1 N–H and O–H groups in total. The Bertz CT molecular complexity index is 490. The molecular formula is C12H19N3O4. The highest BCUT2D eigenvalue weighted by Gasteiger charge is 2.44. The molecule has 2 rings (SSSR count). The maximum absolute atomic E-state index is 12.0. The van der Waals surface area contributed by atoms with Crippen molar-refractivity contribution in [1.82, 2.24) is 9.55 Å². The van der Waals surface area contributed by atoms with Crippen molar-refractivity contribution in [2.24, 2.45) is 0 Å². The molecule has 4 atom stereocenters. The van der Waals surface area contributed by atoms with Crippen LogP contribution in [0, 0.1) is 0 Å². The molecule has 0 saturated carbocycles. The highest BCUT2D eigenvalue weighted by molar-refractivity contribution is 5.30. The second-order valence-electron chi connectivity index (χ2n) is 4.39. The van der Waals surface area contributed by atoms with Crippen molar-refractivity contribution in [2.75, 3.05) is 26.6 Å². The van der Waals surface area contributed by atoms with E-state index < -0.39 is 6.23 Å². The van der Waals surface area contributed by atoms with Crippen LogP contribution in [-0.2, 0) is 14.2 Å². The number of ether oxygens (including phenoxy) is 3. The van der Waals surface area contributed by atoms with E-state index in [0.29, 0.717) is 5.82 Å². The van der Waals surface area contributed by atoms with Gasteiger partial charge in [0.1, 0.15) is 18.0 Å². The summed E-state index contributed by atoms with van der Waals surface area (Å²) in [7, 11) is 4.88. The summed E-state index contributed by atoms with van der Waals surface area (Å²) >= 11 is 0. The van der Waals surface area contributed by atoms with Crippen LogP contribution in [0.1, 0.15) is 13.2 Å². The first-order valence-electron chi connectivity index (χ1n) is 6.10. The monoisotopic (exact) mass is 269 g/mol. The Labute approximate surface area is 111 Å². The fraction of sp³-hybridized carbons (Fsp3) is 0.667. The summed E-state index contributed by atoms with van der Waals surface area (Å²) in [5, 5.41) is 2.82. The molecular weight excluding hydrogens is 250 g/mol. The molecule has 1 aromatic heterocycles. The van der Waals surface area contributed by atoms with Crippen molar-refractivity contribution in [3.8, 4) is 0 Å². The molecule has 1 fully saturated rings. The van der Waals surface area contributed by atoms with E-state index in [1.165, 1.54) is 4.57 Å². The molecule has 19 heavy (non-hydrogen) atoms. The summed E-state index contributed by atoms with van der Waals surface area (Å²) in [5.74, 6) is 0.518. The molecule has 106 valence electrons. The fourth-order valence-electron chi connectivity index (χ4n) is 2.35. The standard InChI is InChI=1S/C12H19N3O4/c1-7-9(17-3)10(18-4)11(19-7)15-6-5-8(13-2)14-12(15)16/h5-7,9-11H,1-4H3,(H,13,14,16). The van der Waals surface area contributed by atoms with Crippen LogP contribution < -0.4 is 11.0 Å². The number of nitrogens with zero attached hydrogens (tertiary/aromatic N) is 2. The number of rotatable bonds is 4. The summed E-state index contributed by atoms with van der Waals surface area (Å²) in [6.07, 6.45) is 0.389. The molecule has 1 aliphatic heterocycles. The average Bonchev–Trinajstić information content (AvgIpc) is 2.74. The maximum Gasteiger partial charge on any atom is 0.351 e. The number of anilines is 1. The van der Waals surface area contributed by atoms with Gasteiger partial charge in [0.15, 0.2) is 6.23 Å². The topological polar surface area (TPSA) is 74.6 Å². The van der Waals surface area contributed by atoms with Gasteiger partial charge in [-0.05, 0) is 13.0 Å². The average molecular weight is 269 g/mol. The van der Waals surface area contributed by atoms with Gasteiger partial charge < -0.3 is 19.5 Å². The Morgan fingerprint density at radius 1 is 1.37 bits per heavy atom. The van der Waals surface area contributed by atoms with Gasteiger partial charge in [-0.3, -0.25) is 4.57 Å². The van der Waals surface area contributed by atoms with Crippen LogP contribution in [0.25, 0.3) is 0 Å². The lowest BCUT2D eigenvalue weighted by Gasteiger charge is -2.21. The van der Waals surface area contributed by atoms with Crippen LogP contribution in [0.15, 0.2) is 17.1 Å². The Hall–Kier alpha value is -1.44. The van der Waals surface area contributed by atoms with Crippen molar-refractivity contribution in [2.45, 2.75) is 31.5 Å². The highest BCUT2D eigenvalue weighted by Crippen LogP contribution is 2.31. The van der Waals surface area contributed by atoms with Crippen LogP contribution in [0.5, 0.6) is 0 Å². The van der Waals surface area contributed by atoms with Gasteiger partial charge in [0.25, 0.3) is 0 Å². The van der Waals surface area contributed by atoms with Crippen molar-refractivity contribution >= 4 is 5.82 Å². The van der Waals surface area contributed by atoms with E-state index in [4.69, 9.17) is 14.2 Å². The maximum atomic E-state index is 12.0. The van der Waals surface area contributed by atoms with Crippen LogP contribution in [-0.4, -0.2) is 49.1 Å². The van der Waals surface area contributed by atoms with Gasteiger partial charge in [-0.15, -0.1) is 0 Å². The Balaban J connectivity index is 2.33. The quantitative estimate of drug-likeness (QED) is 0.843. The molecule has 0 spiro atoms. The zero-order valence-electron chi connectivity index (χ0n) is 11.5. The summed E-state index contributed by atoms with van der Waals surface area (Å²) in [6.45, 7) is 1.89. The van der Waals surface area contributed by atoms with E-state index in [9.17, 15) is 4.79 Å². The SMILES string of the molecule is CNc1ccn(C2OC(C)C(OC)C2OC)c(=O)n1. The van der Waals surface area contributed by atoms with Crippen LogP contribution >= 0.6 is 0 Å². The lowest BCUT2D eigenvalue weighted by molar-refractivity contribution is -0.0545. The lowest BCUT2D eigenvalue weighted by Crippen LogP contribution is -2.37. The Morgan fingerprint density at radius 2 is 2.05 bits per heavy atom. The van der Waals surface area contributed by atoms with Gasteiger partial charge >= 0.3 is 5.69 Å². The first-order chi connectivity index (χ1) is 9.12. The highest BCUT2D eigenvalue weighted by atomic mass is 16.6. The summed E-state index contributed by atoms with van der Waals surface area (Å²) in [4.78, 5) is 15.9. The third-order valence-corrected chi connectivity index (χ3v) is 3.33. The van der Waals surface area contributed by atoms with Crippen molar-refractivity contribution in [3.05, 3.63) is 22.7 Å². The Kier molecular flexibility index (Phi) is 4.18. The number of nitrogens with one attached hydrogen (secondary N) is 1. The summed E-state index contributed by atoms with van der Waals surface area (Å²) in [5.41, 5.74) is -0.386. The molecule has 0 aliphatic carbocycles. The minimum Gasteiger partial charge on any atom is -0.376 e. The van der Waals surface area contributed by atoms with Gasteiger partial charge in [-0.1, -0.05) is 0 Å². The molecule has 7 nitrogen and oxygen atoms in total. The van der Waals surface area contributed by atoms with Gasteiger partial charge in [-0.2, -0.15) is 4.98 Å². The van der Waals surface area contributed by atoms with Gasteiger partial charge in [0.2, 0.25) is 0 Å². The first kappa shape index (κ1) is 14.0. The minimum atomic E-state index is -0.532. The molecule has 0 aromatic carbocycles. The van der Waals surface area contributed by atoms with E-state index in [-0.39, 0.29) is 24.0 Å². The van der Waals surface area contributed by atoms with Crippen molar-refractivity contribution in [1.29, 1.82) is 0 Å². The Morgan fingerprint density at radius 3 is 2.58 bits per heavy atom. The van der Waals surface area contributed by atoms with Crippen LogP contribution in [0.3, 0.4) is 0 Å². The molecule has 1 saturated heterocycles. The second kappa shape index (κ2) is 5.68. The zero-order valence-corrected chi connectivity index (χ0v) is 11.5. The number of aromatic nitrogens is 2. The summed E-state index contributed by atoms with van der Waals surface area (Å²) in [6, 6.07) is 1.71. The van der Waals surface area contributed by atoms with E-state index in [2.05, 4.69) is 10.3 Å². The first-order valence-corrected chi connectivity index (χ1v) is 6.10. The van der Waals surface area contributed by atoms with Crippen molar-refractivity contribution in [3.63, 3.8) is 0 Å². The van der Waals surface area contributed by atoms with E-state index >= 15 is 0 Å². The lowest BCUT2D eigenvalue weighted by atomic mass is 10.1. The van der Waals surface area contributed by atoms with E-state index in [1.807, 2.05) is 6.92 Å². The molecule has 0 radical (unpaired) electrons. The third-order valence-electron chi connectivity index (χ3n) is 3.33. The molecule has 2 heterocycles. The van der Waals surface area contributed by atoms with E-state index in [1.54, 1.807) is 33.5 Å². The number of hydrogen-bond acceptors (Lipinski definition) is 6. The largest absolute Gasteiger partial charge is 0.376 e. The molecule has 1 aromatic rings. The van der Waals surface area contributed by atoms with Gasteiger partial charge in [0.05, 0.1) is 6.10 Å². The second-order valence-corrected chi connectivity index (χ2v) is 4.39. The smallest absolute Gasteiger partial charge is 0.351 e. The van der Waals surface area contributed by atoms with Crippen molar-refractivity contribution < 1.29 is 14.2 Å². The number of hydrogen-bond donors (Lipinski definition) is 1. The van der Waals surface area contributed by atoms with Gasteiger partial charge in [0, 0.05) is 27.5 Å². The number of methoxy groups -OCH3 is 2. The predicted molar refractivity (Wildman–Crippen MR) is 69.2 cm³/mol. The van der Waals surface area contributed by atoms with E-state index in [0.717, 1.165) is 0 Å². The van der Waals surface area contributed by atoms with Gasteiger partial charge in [-0.25, -0.2) is 4.79 Å². The zero-order chi connectivity index (χ0) is 14.0. The predicted octanol–water partition coefficient (Wildman–Crippen LogP) is 0.232. The molecule has 4 unspecified atom stereocenters. The fourth-order valence-corrected chi connectivity index (χ4v) is 2.35. The molecule has 1 aliphatic rings. The third kappa shape index (κ3) is 2.49.